The predicted molar refractivity (Wildman–Crippen MR) is 74.6 cm³/mol. The fraction of sp³-hybridized carbons (Fsp3) is 0.600. The smallest absolute Gasteiger partial charge is 0.165 e. The molecule has 106 valence electrons. The van der Waals surface area contributed by atoms with Crippen molar-refractivity contribution in [1.29, 1.82) is 0 Å². The third-order valence-corrected chi connectivity index (χ3v) is 3.87. The number of nitrogens with zero attached hydrogens (tertiary/aromatic N) is 1. The van der Waals surface area contributed by atoms with Crippen LogP contribution in [0.25, 0.3) is 0 Å². The maximum Gasteiger partial charge on any atom is 0.165 e. The number of nitrogens with one attached hydrogen (secondary N) is 1. The molecule has 4 heteroatoms. The molecule has 19 heavy (non-hydrogen) atoms. The predicted octanol–water partition coefficient (Wildman–Crippen LogP) is 2.49. The summed E-state index contributed by atoms with van der Waals surface area (Å²) in [5, 5.41) is 12.6. The third kappa shape index (κ3) is 3.91. The van der Waals surface area contributed by atoms with Gasteiger partial charge in [-0.15, -0.1) is 0 Å². The van der Waals surface area contributed by atoms with Crippen LogP contribution < -0.4 is 5.32 Å². The summed E-state index contributed by atoms with van der Waals surface area (Å²) in [5.41, 5.74) is 0.876. The molecule has 1 saturated heterocycles. The molecule has 2 rings (SSSR count). The number of likely N-dealkylation sites (tertiary alicyclic amines) is 1. The summed E-state index contributed by atoms with van der Waals surface area (Å²) in [5.74, 6) is -0.831. The van der Waals surface area contributed by atoms with Crippen molar-refractivity contribution in [3.63, 3.8) is 0 Å². The first-order valence-electron chi connectivity index (χ1n) is 7.01. The van der Waals surface area contributed by atoms with E-state index in [-0.39, 0.29) is 5.75 Å². The lowest BCUT2D eigenvalue weighted by Gasteiger charge is -2.35. The number of aromatic hydroxyl groups is 1. The van der Waals surface area contributed by atoms with Gasteiger partial charge >= 0.3 is 0 Å². The van der Waals surface area contributed by atoms with Gasteiger partial charge in [-0.3, -0.25) is 0 Å². The van der Waals surface area contributed by atoms with Crippen LogP contribution in [0.1, 0.15) is 32.3 Å². The Morgan fingerprint density at radius 3 is 2.63 bits per heavy atom. The number of hydrogen-bond acceptors (Lipinski definition) is 3. The summed E-state index contributed by atoms with van der Waals surface area (Å²) in [4.78, 5) is 2.48. The van der Waals surface area contributed by atoms with Crippen molar-refractivity contribution in [2.75, 3.05) is 13.1 Å². The molecule has 0 aromatic heterocycles. The largest absolute Gasteiger partial charge is 0.505 e. The summed E-state index contributed by atoms with van der Waals surface area (Å²) in [6.07, 6.45) is 2.28. The highest BCUT2D eigenvalue weighted by Gasteiger charge is 2.20. The van der Waals surface area contributed by atoms with Crippen LogP contribution in [0.15, 0.2) is 18.2 Å². The van der Waals surface area contributed by atoms with Gasteiger partial charge in [-0.25, -0.2) is 4.39 Å². The molecular formula is C15H23FN2O. The Bertz CT molecular complexity index is 415. The van der Waals surface area contributed by atoms with Gasteiger partial charge in [0.05, 0.1) is 0 Å². The summed E-state index contributed by atoms with van der Waals surface area (Å²) >= 11 is 0. The first kappa shape index (κ1) is 14.3. The Kier molecular flexibility index (Phi) is 4.77. The van der Waals surface area contributed by atoms with Gasteiger partial charge < -0.3 is 15.3 Å². The van der Waals surface area contributed by atoms with Crippen molar-refractivity contribution < 1.29 is 9.50 Å². The van der Waals surface area contributed by atoms with E-state index in [0.717, 1.165) is 31.5 Å². The van der Waals surface area contributed by atoms with Gasteiger partial charge in [0.15, 0.2) is 11.6 Å². The van der Waals surface area contributed by atoms with Crippen LogP contribution in [0.5, 0.6) is 5.75 Å². The highest BCUT2D eigenvalue weighted by Crippen LogP contribution is 2.17. The number of hydrogen-bond donors (Lipinski definition) is 2. The molecule has 1 aromatic carbocycles. The van der Waals surface area contributed by atoms with Crippen LogP contribution >= 0.6 is 0 Å². The average molecular weight is 266 g/mol. The zero-order valence-electron chi connectivity index (χ0n) is 11.7. The van der Waals surface area contributed by atoms with Crippen LogP contribution in [0.2, 0.25) is 0 Å². The average Bonchev–Trinajstić information content (AvgIpc) is 2.40. The van der Waals surface area contributed by atoms with E-state index in [1.165, 1.54) is 12.1 Å². The van der Waals surface area contributed by atoms with Crippen LogP contribution in [-0.4, -0.2) is 35.2 Å². The molecule has 0 atom stereocenters. The minimum Gasteiger partial charge on any atom is -0.505 e. The Morgan fingerprint density at radius 1 is 1.37 bits per heavy atom. The molecule has 3 nitrogen and oxygen atoms in total. The van der Waals surface area contributed by atoms with Crippen molar-refractivity contribution in [3.8, 4) is 5.75 Å². The van der Waals surface area contributed by atoms with E-state index in [0.29, 0.717) is 18.6 Å². The second-order valence-electron chi connectivity index (χ2n) is 5.57. The van der Waals surface area contributed by atoms with Gasteiger partial charge in [-0.2, -0.15) is 0 Å². The standard InChI is InChI=1S/C15H23FN2O/c1-11(2)18-7-5-13(6-8-18)17-10-12-3-4-15(19)14(16)9-12/h3-4,9,11,13,17,19H,5-8,10H2,1-2H3. The fourth-order valence-electron chi connectivity index (χ4n) is 2.54. The van der Waals surface area contributed by atoms with E-state index < -0.39 is 5.82 Å². The van der Waals surface area contributed by atoms with Crippen molar-refractivity contribution in [3.05, 3.63) is 29.6 Å². The number of benzene rings is 1. The maximum absolute atomic E-state index is 13.2. The van der Waals surface area contributed by atoms with Crippen LogP contribution in [0.4, 0.5) is 4.39 Å². The van der Waals surface area contributed by atoms with E-state index in [2.05, 4.69) is 24.1 Å². The van der Waals surface area contributed by atoms with Gasteiger partial charge in [-0.05, 0) is 57.5 Å². The molecule has 0 bridgehead atoms. The molecular weight excluding hydrogens is 243 g/mol. The summed E-state index contributed by atoms with van der Waals surface area (Å²) < 4.78 is 13.2. The van der Waals surface area contributed by atoms with Gasteiger partial charge in [0, 0.05) is 18.6 Å². The SMILES string of the molecule is CC(C)N1CCC(NCc2ccc(O)c(F)c2)CC1. The maximum atomic E-state index is 13.2. The minimum absolute atomic E-state index is 0.283. The normalized spacial score (nSPS) is 18.1. The topological polar surface area (TPSA) is 35.5 Å². The number of halogens is 1. The first-order valence-corrected chi connectivity index (χ1v) is 7.01. The van der Waals surface area contributed by atoms with E-state index in [1.807, 2.05) is 0 Å². The molecule has 0 amide bonds. The van der Waals surface area contributed by atoms with E-state index in [4.69, 9.17) is 5.11 Å². The third-order valence-electron chi connectivity index (χ3n) is 3.87. The van der Waals surface area contributed by atoms with Crippen LogP contribution in [-0.2, 0) is 6.54 Å². The van der Waals surface area contributed by atoms with Gasteiger partial charge in [0.1, 0.15) is 0 Å². The highest BCUT2D eigenvalue weighted by atomic mass is 19.1. The summed E-state index contributed by atoms with van der Waals surface area (Å²) in [6.45, 7) is 7.36. The lowest BCUT2D eigenvalue weighted by molar-refractivity contribution is 0.161. The van der Waals surface area contributed by atoms with Crippen molar-refractivity contribution >= 4 is 0 Å². The lowest BCUT2D eigenvalue weighted by atomic mass is 10.0. The minimum atomic E-state index is -0.547. The van der Waals surface area contributed by atoms with Crippen molar-refractivity contribution in [2.24, 2.45) is 0 Å². The number of phenols is 1. The van der Waals surface area contributed by atoms with Crippen LogP contribution in [0.3, 0.4) is 0 Å². The molecule has 0 unspecified atom stereocenters. The quantitative estimate of drug-likeness (QED) is 0.879. The molecule has 1 aromatic rings. The first-order chi connectivity index (χ1) is 9.06. The summed E-state index contributed by atoms with van der Waals surface area (Å²) in [6, 6.07) is 5.69. The molecule has 0 saturated carbocycles. The Morgan fingerprint density at radius 2 is 2.05 bits per heavy atom. The number of piperidine rings is 1. The number of rotatable bonds is 4. The van der Waals surface area contributed by atoms with Crippen molar-refractivity contribution in [2.45, 2.75) is 45.3 Å². The Hall–Kier alpha value is -1.13. The Labute approximate surface area is 114 Å². The van der Waals surface area contributed by atoms with Gasteiger partial charge in [0.2, 0.25) is 0 Å². The molecule has 1 heterocycles. The molecule has 0 aliphatic carbocycles. The lowest BCUT2D eigenvalue weighted by Crippen LogP contribution is -2.44. The van der Waals surface area contributed by atoms with Gasteiger partial charge in [-0.1, -0.05) is 6.07 Å². The molecule has 1 aliphatic rings. The molecule has 1 aliphatic heterocycles. The van der Waals surface area contributed by atoms with E-state index >= 15 is 0 Å². The number of phenolic OH excluding ortho intramolecular Hbond substituents is 1. The molecule has 0 radical (unpaired) electrons. The zero-order chi connectivity index (χ0) is 13.8. The fourth-order valence-corrected chi connectivity index (χ4v) is 2.54. The monoisotopic (exact) mass is 266 g/mol. The molecule has 0 spiro atoms. The van der Waals surface area contributed by atoms with E-state index in [9.17, 15) is 4.39 Å². The Balaban J connectivity index is 1.79. The summed E-state index contributed by atoms with van der Waals surface area (Å²) in [7, 11) is 0. The van der Waals surface area contributed by atoms with Crippen molar-refractivity contribution in [1.82, 2.24) is 10.2 Å². The molecule has 1 fully saturated rings. The van der Waals surface area contributed by atoms with Crippen LogP contribution in [0, 0.1) is 5.82 Å². The molecule has 2 N–H and O–H groups in total. The second-order valence-corrected chi connectivity index (χ2v) is 5.57. The van der Waals surface area contributed by atoms with Gasteiger partial charge in [0.25, 0.3) is 0 Å². The van der Waals surface area contributed by atoms with E-state index in [1.54, 1.807) is 6.07 Å². The highest BCUT2D eigenvalue weighted by molar-refractivity contribution is 5.27. The zero-order valence-corrected chi connectivity index (χ0v) is 11.7. The second kappa shape index (κ2) is 6.35.